The van der Waals surface area contributed by atoms with E-state index in [-0.39, 0.29) is 12.1 Å². The normalized spacial score (nSPS) is 17.8. The number of carbonyl (C=O) groups excluding carboxylic acids is 1. The van der Waals surface area contributed by atoms with Crippen molar-refractivity contribution in [3.63, 3.8) is 0 Å². The average Bonchev–Trinajstić information content (AvgIpc) is 3.06. The van der Waals surface area contributed by atoms with Gasteiger partial charge < -0.3 is 9.94 Å². The van der Waals surface area contributed by atoms with Gasteiger partial charge in [-0.1, -0.05) is 60.7 Å². The first kappa shape index (κ1) is 21.4. The van der Waals surface area contributed by atoms with Crippen molar-refractivity contribution in [1.82, 2.24) is 5.06 Å². The summed E-state index contributed by atoms with van der Waals surface area (Å²) in [6.07, 6.45) is 3.10. The number of allylic oxidation sites excluding steroid dienone is 3. The zero-order chi connectivity index (χ0) is 21.7. The van der Waals surface area contributed by atoms with Crippen molar-refractivity contribution in [2.75, 3.05) is 0 Å². The van der Waals surface area contributed by atoms with Gasteiger partial charge in [-0.05, 0) is 24.6 Å². The zero-order valence-electron chi connectivity index (χ0n) is 16.1. The molecular formula is C23H20F3NO3. The predicted octanol–water partition coefficient (Wildman–Crippen LogP) is 5.27. The first-order chi connectivity index (χ1) is 14.3. The lowest BCUT2D eigenvalue weighted by Crippen LogP contribution is -2.29. The molecule has 3 rings (SSSR count). The van der Waals surface area contributed by atoms with Gasteiger partial charge in [0.25, 0.3) is 0 Å². The number of halogens is 3. The number of rotatable bonds is 6. The molecule has 0 aliphatic carbocycles. The van der Waals surface area contributed by atoms with E-state index in [2.05, 4.69) is 0 Å². The predicted molar refractivity (Wildman–Crippen MR) is 107 cm³/mol. The van der Waals surface area contributed by atoms with Crippen LogP contribution in [-0.2, 0) is 22.4 Å². The fourth-order valence-corrected chi connectivity index (χ4v) is 3.15. The van der Waals surface area contributed by atoms with E-state index in [9.17, 15) is 23.1 Å². The van der Waals surface area contributed by atoms with Crippen molar-refractivity contribution in [3.05, 3.63) is 95.1 Å². The lowest BCUT2D eigenvalue weighted by Gasteiger charge is -2.22. The van der Waals surface area contributed by atoms with Crippen LogP contribution in [0.1, 0.15) is 23.6 Å². The Balaban J connectivity index is 1.97. The summed E-state index contributed by atoms with van der Waals surface area (Å²) in [4.78, 5) is 17.8. The Morgan fingerprint density at radius 3 is 2.50 bits per heavy atom. The van der Waals surface area contributed by atoms with Gasteiger partial charge in [0.15, 0.2) is 12.0 Å². The van der Waals surface area contributed by atoms with E-state index in [1.807, 2.05) is 19.1 Å². The van der Waals surface area contributed by atoms with E-state index in [0.29, 0.717) is 23.2 Å². The fourth-order valence-electron chi connectivity index (χ4n) is 3.15. The van der Waals surface area contributed by atoms with Gasteiger partial charge in [0.05, 0.1) is 23.7 Å². The minimum absolute atomic E-state index is 0.0259. The van der Waals surface area contributed by atoms with Gasteiger partial charge >= 0.3 is 6.18 Å². The molecule has 156 valence electrons. The lowest BCUT2D eigenvalue weighted by atomic mass is 10.0. The third-order valence-electron chi connectivity index (χ3n) is 4.56. The van der Waals surface area contributed by atoms with Gasteiger partial charge in [0.2, 0.25) is 0 Å². The number of aldehydes is 1. The smallest absolute Gasteiger partial charge is 0.419 e. The Labute approximate surface area is 172 Å². The van der Waals surface area contributed by atoms with Crippen molar-refractivity contribution in [1.29, 1.82) is 0 Å². The van der Waals surface area contributed by atoms with Crippen LogP contribution in [0.3, 0.4) is 0 Å². The van der Waals surface area contributed by atoms with Crippen LogP contribution in [0.5, 0.6) is 5.75 Å². The SMILES string of the molecule is CC=CC=CC1C(C=O)=C(c2ccccc2)ON1Cc1ccc(O)c(C(F)(F)F)c1. The number of phenols is 1. The summed E-state index contributed by atoms with van der Waals surface area (Å²) >= 11 is 0. The molecule has 0 radical (unpaired) electrons. The second kappa shape index (κ2) is 9.00. The van der Waals surface area contributed by atoms with Crippen LogP contribution in [0, 0.1) is 0 Å². The van der Waals surface area contributed by atoms with Crippen LogP contribution in [0.4, 0.5) is 13.2 Å². The number of benzene rings is 2. The molecule has 1 heterocycles. The number of carbonyl (C=O) groups is 1. The highest BCUT2D eigenvalue weighted by Gasteiger charge is 2.36. The first-order valence-electron chi connectivity index (χ1n) is 9.23. The molecular weight excluding hydrogens is 395 g/mol. The number of alkyl halides is 3. The molecule has 2 aromatic carbocycles. The summed E-state index contributed by atoms with van der Waals surface area (Å²) < 4.78 is 39.4. The highest BCUT2D eigenvalue weighted by Crippen LogP contribution is 2.38. The van der Waals surface area contributed by atoms with Crippen molar-refractivity contribution >= 4 is 12.0 Å². The van der Waals surface area contributed by atoms with E-state index >= 15 is 0 Å². The average molecular weight is 415 g/mol. The molecule has 0 fully saturated rings. The molecule has 2 aromatic rings. The highest BCUT2D eigenvalue weighted by atomic mass is 19.4. The summed E-state index contributed by atoms with van der Waals surface area (Å²) in [5.41, 5.74) is 0.223. The van der Waals surface area contributed by atoms with E-state index in [1.54, 1.807) is 42.5 Å². The molecule has 0 aromatic heterocycles. The Morgan fingerprint density at radius 2 is 1.87 bits per heavy atom. The van der Waals surface area contributed by atoms with Gasteiger partial charge in [0.1, 0.15) is 5.75 Å². The molecule has 4 nitrogen and oxygen atoms in total. The summed E-state index contributed by atoms with van der Waals surface area (Å²) in [6.45, 7) is 1.82. The maximum atomic E-state index is 13.1. The van der Waals surface area contributed by atoms with Crippen LogP contribution in [0.2, 0.25) is 0 Å². The number of aromatic hydroxyl groups is 1. The minimum atomic E-state index is -4.68. The minimum Gasteiger partial charge on any atom is -0.507 e. The summed E-state index contributed by atoms with van der Waals surface area (Å²) in [5, 5.41) is 11.0. The summed E-state index contributed by atoms with van der Waals surface area (Å²) in [5.74, 6) is -0.481. The first-order valence-corrected chi connectivity index (χ1v) is 9.23. The third-order valence-corrected chi connectivity index (χ3v) is 4.56. The van der Waals surface area contributed by atoms with Gasteiger partial charge in [-0.25, -0.2) is 0 Å². The standard InChI is InChI=1S/C23H20F3NO3/c1-2-3-5-10-20-18(15-28)22(17-8-6-4-7-9-17)30-27(20)14-16-11-12-21(29)19(13-16)23(24,25)26/h2-13,15,20,29H,14H2,1H3. The molecule has 0 amide bonds. The summed E-state index contributed by atoms with van der Waals surface area (Å²) in [6, 6.07) is 11.7. The number of nitrogens with zero attached hydrogens (tertiary/aromatic N) is 1. The molecule has 1 aliphatic heterocycles. The summed E-state index contributed by atoms with van der Waals surface area (Å²) in [7, 11) is 0. The van der Waals surface area contributed by atoms with Gasteiger partial charge in [-0.2, -0.15) is 13.2 Å². The maximum absolute atomic E-state index is 13.1. The van der Waals surface area contributed by atoms with Crippen molar-refractivity contribution in [2.45, 2.75) is 25.7 Å². The van der Waals surface area contributed by atoms with Crippen molar-refractivity contribution in [3.8, 4) is 5.75 Å². The second-order valence-electron chi connectivity index (χ2n) is 6.64. The van der Waals surface area contributed by atoms with Crippen LogP contribution in [-0.4, -0.2) is 22.5 Å². The van der Waals surface area contributed by atoms with E-state index < -0.39 is 23.5 Å². The van der Waals surface area contributed by atoms with E-state index in [0.717, 1.165) is 12.1 Å². The lowest BCUT2D eigenvalue weighted by molar-refractivity contribution is -0.139. The molecule has 1 atom stereocenters. The molecule has 30 heavy (non-hydrogen) atoms. The molecule has 1 aliphatic rings. The quantitative estimate of drug-likeness (QED) is 0.516. The van der Waals surface area contributed by atoms with Crippen LogP contribution in [0.25, 0.3) is 5.76 Å². The Kier molecular flexibility index (Phi) is 6.42. The highest BCUT2D eigenvalue weighted by molar-refractivity contribution is 5.89. The Bertz CT molecular complexity index is 994. The van der Waals surface area contributed by atoms with Crippen LogP contribution >= 0.6 is 0 Å². The number of hydrogen-bond acceptors (Lipinski definition) is 4. The monoisotopic (exact) mass is 415 g/mol. The van der Waals surface area contributed by atoms with Gasteiger partial charge in [0, 0.05) is 5.56 Å². The Hall–Kier alpha value is -3.32. The molecule has 1 N–H and O–H groups in total. The molecule has 0 spiro atoms. The largest absolute Gasteiger partial charge is 0.507 e. The molecule has 1 unspecified atom stereocenters. The maximum Gasteiger partial charge on any atom is 0.419 e. The zero-order valence-corrected chi connectivity index (χ0v) is 16.1. The topological polar surface area (TPSA) is 49.8 Å². The van der Waals surface area contributed by atoms with Crippen molar-refractivity contribution < 1.29 is 27.9 Å². The number of phenolic OH excluding ortho intramolecular Hbond substituents is 1. The third kappa shape index (κ3) is 4.63. The Morgan fingerprint density at radius 1 is 1.13 bits per heavy atom. The van der Waals surface area contributed by atoms with E-state index in [1.165, 1.54) is 11.1 Å². The second-order valence-corrected chi connectivity index (χ2v) is 6.64. The van der Waals surface area contributed by atoms with Crippen molar-refractivity contribution in [2.24, 2.45) is 0 Å². The number of hydrogen-bond donors (Lipinski definition) is 1. The fraction of sp³-hybridized carbons (Fsp3) is 0.174. The van der Waals surface area contributed by atoms with E-state index in [4.69, 9.17) is 4.84 Å². The molecule has 0 bridgehead atoms. The van der Waals surface area contributed by atoms with Gasteiger partial charge in [-0.15, -0.1) is 5.06 Å². The number of hydroxylamine groups is 2. The molecule has 7 heteroatoms. The van der Waals surface area contributed by atoms with Crippen LogP contribution in [0.15, 0.2) is 78.4 Å². The molecule has 0 saturated carbocycles. The van der Waals surface area contributed by atoms with Crippen LogP contribution < -0.4 is 0 Å². The molecule has 0 saturated heterocycles. The van der Waals surface area contributed by atoms with Gasteiger partial charge in [-0.3, -0.25) is 4.79 Å².